The number of carbonyl (C=O) groups is 2. The molecule has 0 aliphatic carbocycles. The summed E-state index contributed by atoms with van der Waals surface area (Å²) < 4.78 is 0. The van der Waals surface area contributed by atoms with Gasteiger partial charge in [-0.3, -0.25) is 14.6 Å². The first-order chi connectivity index (χ1) is 11.9. The largest absolute Gasteiger partial charge is 0.481 e. The number of aryl methyl sites for hydroxylation is 1. The van der Waals surface area contributed by atoms with Crippen LogP contribution in [0, 0.1) is 0 Å². The minimum absolute atomic E-state index is 0.324. The van der Waals surface area contributed by atoms with Gasteiger partial charge in [0, 0.05) is 28.1 Å². The number of anilines is 1. The highest BCUT2D eigenvalue weighted by Gasteiger charge is 2.33. The number of thiophene rings is 1. The number of amides is 1. The van der Waals surface area contributed by atoms with E-state index in [1.165, 1.54) is 16.2 Å². The molecule has 130 valence electrons. The van der Waals surface area contributed by atoms with Crippen LogP contribution in [0.15, 0.2) is 35.3 Å². The van der Waals surface area contributed by atoms with Gasteiger partial charge in [0.15, 0.2) is 0 Å². The summed E-state index contributed by atoms with van der Waals surface area (Å²) in [5, 5.41) is 10.4. The Labute approximate surface area is 154 Å². The zero-order chi connectivity index (χ0) is 18.1. The molecule has 1 N–H and O–H groups in total. The van der Waals surface area contributed by atoms with Crippen LogP contribution >= 0.6 is 22.9 Å². The number of rotatable bonds is 4. The summed E-state index contributed by atoms with van der Waals surface area (Å²) in [7, 11) is 1.66. The predicted octanol–water partition coefficient (Wildman–Crippen LogP) is 3.62. The lowest BCUT2D eigenvalue weighted by Gasteiger charge is -2.17. The molecule has 1 aromatic heterocycles. The molecule has 0 saturated carbocycles. The quantitative estimate of drug-likeness (QED) is 0.885. The number of hydrogen-bond acceptors (Lipinski definition) is 4. The van der Waals surface area contributed by atoms with E-state index in [9.17, 15) is 9.59 Å². The third kappa shape index (κ3) is 3.32. The first kappa shape index (κ1) is 17.6. The van der Waals surface area contributed by atoms with Gasteiger partial charge in [-0.2, -0.15) is 0 Å². The molecule has 25 heavy (non-hydrogen) atoms. The Bertz CT molecular complexity index is 875. The Morgan fingerprint density at radius 2 is 2.08 bits per heavy atom. The van der Waals surface area contributed by atoms with Gasteiger partial charge in [-0.25, -0.2) is 0 Å². The van der Waals surface area contributed by atoms with Gasteiger partial charge in [0.25, 0.3) is 5.91 Å². The molecule has 7 heteroatoms. The van der Waals surface area contributed by atoms with Crippen molar-refractivity contribution in [2.24, 2.45) is 4.99 Å². The fourth-order valence-corrected chi connectivity index (χ4v) is 4.08. The monoisotopic (exact) mass is 376 g/mol. The zero-order valence-electron chi connectivity index (χ0n) is 13.8. The van der Waals surface area contributed by atoms with Crippen LogP contribution < -0.4 is 4.90 Å². The topological polar surface area (TPSA) is 70.0 Å². The smallest absolute Gasteiger partial charge is 0.306 e. The van der Waals surface area contributed by atoms with Crippen molar-refractivity contribution in [3.63, 3.8) is 0 Å². The lowest BCUT2D eigenvalue weighted by molar-refractivity contribution is -0.139. The summed E-state index contributed by atoms with van der Waals surface area (Å²) in [5.41, 5.74) is 2.09. The normalized spacial score (nSPS) is 17.1. The maximum atomic E-state index is 12.7. The van der Waals surface area contributed by atoms with Gasteiger partial charge in [0.2, 0.25) is 0 Å². The van der Waals surface area contributed by atoms with Crippen LogP contribution in [0.2, 0.25) is 5.02 Å². The van der Waals surface area contributed by atoms with Crippen molar-refractivity contribution in [2.75, 3.05) is 11.9 Å². The first-order valence-electron chi connectivity index (χ1n) is 7.87. The van der Waals surface area contributed by atoms with Gasteiger partial charge in [0.05, 0.1) is 12.1 Å². The summed E-state index contributed by atoms with van der Waals surface area (Å²) in [5.74, 6) is -1.39. The molecule has 1 atom stereocenters. The van der Waals surface area contributed by atoms with E-state index < -0.39 is 12.0 Å². The van der Waals surface area contributed by atoms with Gasteiger partial charge in [-0.15, -0.1) is 11.3 Å². The molecule has 0 saturated heterocycles. The average molecular weight is 377 g/mol. The molecular weight excluding hydrogens is 360 g/mol. The number of aliphatic carboxylic acids is 1. The standard InChI is InChI=1S/C18H17ClN2O3S/c1-3-10-8-12-16(11-6-4-5-7-13(11)19)20-14(9-15(22)23)17(24)21(2)18(12)25-10/h4-8,14H,3,9H2,1-2H3,(H,22,23). The average Bonchev–Trinajstić information content (AvgIpc) is 2.98. The molecule has 0 spiro atoms. The summed E-state index contributed by atoms with van der Waals surface area (Å²) in [6, 6.07) is 8.30. The minimum atomic E-state index is -1.06. The molecule has 3 rings (SSSR count). The van der Waals surface area contributed by atoms with Gasteiger partial charge in [-0.1, -0.05) is 36.7 Å². The Balaban J connectivity index is 2.24. The number of benzene rings is 1. The van der Waals surface area contributed by atoms with E-state index in [1.807, 2.05) is 31.2 Å². The SMILES string of the molecule is CCc1cc2c(s1)N(C)C(=O)C(CC(=O)O)N=C2c1ccccc1Cl. The van der Waals surface area contributed by atoms with Crippen LogP contribution in [0.25, 0.3) is 0 Å². The van der Waals surface area contributed by atoms with Crippen molar-refractivity contribution in [3.8, 4) is 0 Å². The highest BCUT2D eigenvalue weighted by Crippen LogP contribution is 2.37. The van der Waals surface area contributed by atoms with Crippen LogP contribution in [0.1, 0.15) is 29.3 Å². The molecular formula is C18H17ClN2O3S. The molecule has 1 aromatic carbocycles. The molecule has 1 unspecified atom stereocenters. The molecule has 1 aliphatic rings. The molecule has 0 bridgehead atoms. The number of likely N-dealkylation sites (N-methyl/N-ethyl adjacent to an activating group) is 1. The second-order valence-electron chi connectivity index (χ2n) is 5.75. The molecule has 1 amide bonds. The van der Waals surface area contributed by atoms with Gasteiger partial charge >= 0.3 is 5.97 Å². The molecule has 5 nitrogen and oxygen atoms in total. The minimum Gasteiger partial charge on any atom is -0.481 e. The van der Waals surface area contributed by atoms with Gasteiger partial charge in [0.1, 0.15) is 11.0 Å². The van der Waals surface area contributed by atoms with Crippen LogP contribution in [0.5, 0.6) is 0 Å². The molecule has 0 radical (unpaired) electrons. The van der Waals surface area contributed by atoms with E-state index in [0.717, 1.165) is 21.9 Å². The fraction of sp³-hybridized carbons (Fsp3) is 0.278. The maximum absolute atomic E-state index is 12.7. The van der Waals surface area contributed by atoms with Crippen LogP contribution in [-0.2, 0) is 16.0 Å². The number of halogens is 1. The second kappa shape index (κ2) is 6.98. The second-order valence-corrected chi connectivity index (χ2v) is 7.28. The van der Waals surface area contributed by atoms with Crippen molar-refractivity contribution in [2.45, 2.75) is 25.8 Å². The number of carbonyl (C=O) groups excluding carboxylic acids is 1. The number of carboxylic acid groups (broad SMARTS) is 1. The third-order valence-corrected chi connectivity index (χ3v) is 5.75. The number of nitrogens with zero attached hydrogens (tertiary/aromatic N) is 2. The number of aliphatic imine (C=N–C) groups is 1. The molecule has 1 aliphatic heterocycles. The van der Waals surface area contributed by atoms with Crippen LogP contribution in [0.4, 0.5) is 5.00 Å². The highest BCUT2D eigenvalue weighted by molar-refractivity contribution is 7.16. The summed E-state index contributed by atoms with van der Waals surface area (Å²) in [4.78, 5) is 31.1. The lowest BCUT2D eigenvalue weighted by atomic mass is 10.0. The van der Waals surface area contributed by atoms with E-state index in [1.54, 1.807) is 13.1 Å². The molecule has 2 aromatic rings. The Kier molecular flexibility index (Phi) is 4.92. The van der Waals surface area contributed by atoms with Crippen molar-refractivity contribution in [3.05, 3.63) is 51.4 Å². The number of fused-ring (bicyclic) bond motifs is 1. The van der Waals surface area contributed by atoms with Gasteiger partial charge in [-0.05, 0) is 18.6 Å². The van der Waals surface area contributed by atoms with Gasteiger partial charge < -0.3 is 10.0 Å². The zero-order valence-corrected chi connectivity index (χ0v) is 15.4. The summed E-state index contributed by atoms with van der Waals surface area (Å²) in [6.45, 7) is 2.05. The fourth-order valence-electron chi connectivity index (χ4n) is 2.79. The first-order valence-corrected chi connectivity index (χ1v) is 9.07. The molecule has 2 heterocycles. The van der Waals surface area contributed by atoms with Crippen molar-refractivity contribution in [1.82, 2.24) is 0 Å². The van der Waals surface area contributed by atoms with Crippen LogP contribution in [0.3, 0.4) is 0 Å². The third-order valence-electron chi connectivity index (χ3n) is 4.07. The Hall–Kier alpha value is -2.18. The Morgan fingerprint density at radius 3 is 2.72 bits per heavy atom. The van der Waals surface area contributed by atoms with E-state index in [2.05, 4.69) is 4.99 Å². The van der Waals surface area contributed by atoms with E-state index in [4.69, 9.17) is 16.7 Å². The maximum Gasteiger partial charge on any atom is 0.306 e. The van der Waals surface area contributed by atoms with E-state index in [-0.39, 0.29) is 12.3 Å². The van der Waals surface area contributed by atoms with E-state index in [0.29, 0.717) is 16.3 Å². The van der Waals surface area contributed by atoms with Crippen LogP contribution in [-0.4, -0.2) is 35.8 Å². The highest BCUT2D eigenvalue weighted by atomic mass is 35.5. The summed E-state index contributed by atoms with van der Waals surface area (Å²) in [6.07, 6.45) is 0.487. The predicted molar refractivity (Wildman–Crippen MR) is 100 cm³/mol. The number of hydrogen-bond donors (Lipinski definition) is 1. The summed E-state index contributed by atoms with van der Waals surface area (Å²) >= 11 is 7.87. The van der Waals surface area contributed by atoms with Crippen molar-refractivity contribution in [1.29, 1.82) is 0 Å². The Morgan fingerprint density at radius 1 is 1.36 bits per heavy atom. The van der Waals surface area contributed by atoms with Crippen molar-refractivity contribution < 1.29 is 14.7 Å². The lowest BCUT2D eigenvalue weighted by Crippen LogP contribution is -2.35. The molecule has 0 fully saturated rings. The van der Waals surface area contributed by atoms with E-state index >= 15 is 0 Å². The number of carboxylic acids is 1. The van der Waals surface area contributed by atoms with Crippen molar-refractivity contribution >= 4 is 45.5 Å².